The zero-order valence-electron chi connectivity index (χ0n) is 25.4. The van der Waals surface area contributed by atoms with Crippen LogP contribution in [0.4, 0.5) is 5.69 Å². The van der Waals surface area contributed by atoms with Gasteiger partial charge in [0.1, 0.15) is 12.6 Å². The molecule has 1 N–H and O–H groups in total. The molecule has 0 aliphatic heterocycles. The molecule has 4 aromatic carbocycles. The topological polar surface area (TPSA) is 86.8 Å². The molecule has 2 amide bonds. The van der Waals surface area contributed by atoms with Crippen LogP contribution in [0.25, 0.3) is 0 Å². The summed E-state index contributed by atoms with van der Waals surface area (Å²) in [6, 6.07) is 31.4. The number of anilines is 1. The Kier molecular flexibility index (Phi) is 10.9. The molecule has 0 aliphatic rings. The van der Waals surface area contributed by atoms with E-state index >= 15 is 0 Å². The average Bonchev–Trinajstić information content (AvgIpc) is 2.99. The minimum absolute atomic E-state index is 0.0723. The highest BCUT2D eigenvalue weighted by atomic mass is 127. The number of aryl methyl sites for hydroxylation is 1. The van der Waals surface area contributed by atoms with Crippen LogP contribution in [0.2, 0.25) is 0 Å². The molecule has 0 unspecified atom stereocenters. The van der Waals surface area contributed by atoms with Gasteiger partial charge in [-0.05, 0) is 103 Å². The summed E-state index contributed by atoms with van der Waals surface area (Å²) in [4.78, 5) is 30.1. The highest BCUT2D eigenvalue weighted by molar-refractivity contribution is 14.1. The fraction of sp³-hybridized carbons (Fsp3) is 0.257. The van der Waals surface area contributed by atoms with Gasteiger partial charge >= 0.3 is 0 Å². The van der Waals surface area contributed by atoms with E-state index in [2.05, 4.69) is 27.9 Å². The number of hydrogen-bond acceptors (Lipinski definition) is 4. The van der Waals surface area contributed by atoms with Crippen LogP contribution in [0.3, 0.4) is 0 Å². The molecule has 44 heavy (non-hydrogen) atoms. The molecule has 9 heteroatoms. The first kappa shape index (κ1) is 33.2. The molecular formula is C35H38IN3O4S. The third-order valence-corrected chi connectivity index (χ3v) is 9.60. The minimum Gasteiger partial charge on any atom is -0.350 e. The van der Waals surface area contributed by atoms with Crippen molar-refractivity contribution in [2.75, 3.05) is 10.8 Å². The van der Waals surface area contributed by atoms with Gasteiger partial charge in [0.2, 0.25) is 11.8 Å². The number of amides is 2. The Morgan fingerprint density at radius 3 is 1.98 bits per heavy atom. The Morgan fingerprint density at radius 2 is 1.39 bits per heavy atom. The highest BCUT2D eigenvalue weighted by Gasteiger charge is 2.35. The Hall–Kier alpha value is -3.70. The maximum Gasteiger partial charge on any atom is 0.264 e. The molecule has 230 valence electrons. The van der Waals surface area contributed by atoms with Gasteiger partial charge in [0.15, 0.2) is 0 Å². The van der Waals surface area contributed by atoms with Gasteiger partial charge in [-0.2, -0.15) is 0 Å². The van der Waals surface area contributed by atoms with Crippen LogP contribution in [-0.4, -0.2) is 43.3 Å². The second kappa shape index (κ2) is 14.4. The van der Waals surface area contributed by atoms with Crippen LogP contribution in [-0.2, 0) is 32.6 Å². The first-order valence-corrected chi connectivity index (χ1v) is 16.9. The Bertz CT molecular complexity index is 1670. The van der Waals surface area contributed by atoms with Crippen molar-refractivity contribution in [3.05, 3.63) is 129 Å². The maximum absolute atomic E-state index is 14.5. The molecule has 0 bridgehead atoms. The summed E-state index contributed by atoms with van der Waals surface area (Å²) >= 11 is 2.15. The number of nitrogens with zero attached hydrogens (tertiary/aromatic N) is 2. The molecule has 7 nitrogen and oxygen atoms in total. The van der Waals surface area contributed by atoms with E-state index in [-0.39, 0.29) is 23.8 Å². The summed E-state index contributed by atoms with van der Waals surface area (Å²) < 4.78 is 30.1. The SMILES string of the molecule is Cc1ccccc1CN(C(=O)CN(c1ccc(I)cc1)S(=O)(=O)c1ccccc1)[C@H](Cc1ccccc1)C(=O)NC(C)(C)C. The van der Waals surface area contributed by atoms with Crippen LogP contribution in [0.15, 0.2) is 114 Å². The fourth-order valence-electron chi connectivity index (χ4n) is 4.83. The molecule has 0 aromatic heterocycles. The van der Waals surface area contributed by atoms with Crippen LogP contribution in [0.1, 0.15) is 37.5 Å². The molecule has 0 fully saturated rings. The van der Waals surface area contributed by atoms with Crippen molar-refractivity contribution >= 4 is 50.1 Å². The summed E-state index contributed by atoms with van der Waals surface area (Å²) in [5.74, 6) is -0.800. The number of sulfonamides is 1. The van der Waals surface area contributed by atoms with Crippen LogP contribution in [0, 0.1) is 10.5 Å². The monoisotopic (exact) mass is 723 g/mol. The molecule has 1 atom stereocenters. The normalized spacial score (nSPS) is 12.3. The predicted octanol–water partition coefficient (Wildman–Crippen LogP) is 6.35. The molecule has 0 saturated heterocycles. The summed E-state index contributed by atoms with van der Waals surface area (Å²) in [6.45, 7) is 7.27. The Balaban J connectivity index is 1.82. The highest BCUT2D eigenvalue weighted by Crippen LogP contribution is 2.26. The van der Waals surface area contributed by atoms with E-state index in [4.69, 9.17) is 0 Å². The number of benzene rings is 4. The smallest absolute Gasteiger partial charge is 0.264 e. The van der Waals surface area contributed by atoms with E-state index in [1.807, 2.05) is 82.3 Å². The van der Waals surface area contributed by atoms with Gasteiger partial charge in [0, 0.05) is 22.1 Å². The van der Waals surface area contributed by atoms with Crippen LogP contribution in [0.5, 0.6) is 0 Å². The summed E-state index contributed by atoms with van der Waals surface area (Å²) in [5.41, 5.74) is 2.53. The van der Waals surface area contributed by atoms with Gasteiger partial charge in [-0.1, -0.05) is 72.8 Å². The first-order chi connectivity index (χ1) is 20.8. The fourth-order valence-corrected chi connectivity index (χ4v) is 6.63. The minimum atomic E-state index is -4.13. The van der Waals surface area contributed by atoms with Gasteiger partial charge in [0.25, 0.3) is 10.0 Å². The summed E-state index contributed by atoms with van der Waals surface area (Å²) in [7, 11) is -4.13. The van der Waals surface area contributed by atoms with Crippen molar-refractivity contribution in [2.45, 2.75) is 57.1 Å². The van der Waals surface area contributed by atoms with Crippen molar-refractivity contribution < 1.29 is 18.0 Å². The lowest BCUT2D eigenvalue weighted by Gasteiger charge is -2.35. The number of hydrogen-bond donors (Lipinski definition) is 1. The lowest BCUT2D eigenvalue weighted by molar-refractivity contribution is -0.140. The second-order valence-electron chi connectivity index (χ2n) is 11.7. The average molecular weight is 724 g/mol. The van der Waals surface area contributed by atoms with Gasteiger partial charge in [-0.3, -0.25) is 13.9 Å². The van der Waals surface area contributed by atoms with Crippen molar-refractivity contribution in [3.8, 4) is 0 Å². The number of carbonyl (C=O) groups is 2. The van der Waals surface area contributed by atoms with Gasteiger partial charge < -0.3 is 10.2 Å². The van der Waals surface area contributed by atoms with Crippen molar-refractivity contribution in [2.24, 2.45) is 0 Å². The number of carbonyl (C=O) groups excluding carboxylic acids is 2. The zero-order valence-corrected chi connectivity index (χ0v) is 28.4. The van der Waals surface area contributed by atoms with E-state index in [0.29, 0.717) is 5.69 Å². The quantitative estimate of drug-likeness (QED) is 0.183. The number of nitrogens with one attached hydrogen (secondary N) is 1. The third kappa shape index (κ3) is 8.69. The molecular weight excluding hydrogens is 685 g/mol. The largest absolute Gasteiger partial charge is 0.350 e. The molecule has 0 spiro atoms. The molecule has 4 aromatic rings. The van der Waals surface area contributed by atoms with E-state index in [1.165, 1.54) is 17.0 Å². The van der Waals surface area contributed by atoms with Crippen molar-refractivity contribution in [3.63, 3.8) is 0 Å². The third-order valence-electron chi connectivity index (χ3n) is 7.10. The Labute approximate surface area is 274 Å². The number of rotatable bonds is 11. The molecule has 0 radical (unpaired) electrons. The first-order valence-electron chi connectivity index (χ1n) is 14.4. The van der Waals surface area contributed by atoms with Gasteiger partial charge in [-0.15, -0.1) is 0 Å². The lowest BCUT2D eigenvalue weighted by Crippen LogP contribution is -2.56. The second-order valence-corrected chi connectivity index (χ2v) is 14.8. The summed E-state index contributed by atoms with van der Waals surface area (Å²) in [6.07, 6.45) is 0.259. The molecule has 0 aliphatic carbocycles. The van der Waals surface area contributed by atoms with E-state index in [0.717, 1.165) is 24.6 Å². The predicted molar refractivity (Wildman–Crippen MR) is 184 cm³/mol. The zero-order chi connectivity index (χ0) is 31.9. The standard InChI is InChI=1S/C35H38IN3O4S/c1-26-13-11-12-16-28(26)24-38(32(34(41)37-35(2,3)4)23-27-14-7-5-8-15-27)33(40)25-39(30-21-19-29(36)20-22-30)44(42,43)31-17-9-6-10-18-31/h5-22,32H,23-25H2,1-4H3,(H,37,41)/t32-/m1/s1. The van der Waals surface area contributed by atoms with Gasteiger partial charge in [0.05, 0.1) is 10.6 Å². The molecule has 4 rings (SSSR count). The van der Waals surface area contributed by atoms with E-state index in [9.17, 15) is 18.0 Å². The number of halogens is 1. The maximum atomic E-state index is 14.5. The summed E-state index contributed by atoms with van der Waals surface area (Å²) in [5, 5.41) is 3.06. The lowest BCUT2D eigenvalue weighted by atomic mass is 10.00. The van der Waals surface area contributed by atoms with Crippen LogP contribution >= 0.6 is 22.6 Å². The van der Waals surface area contributed by atoms with Crippen LogP contribution < -0.4 is 9.62 Å². The molecule has 0 heterocycles. The van der Waals surface area contributed by atoms with E-state index in [1.54, 1.807) is 42.5 Å². The Morgan fingerprint density at radius 1 is 0.818 bits per heavy atom. The molecule has 0 saturated carbocycles. The van der Waals surface area contributed by atoms with E-state index < -0.39 is 34.1 Å². The van der Waals surface area contributed by atoms with Gasteiger partial charge in [-0.25, -0.2) is 8.42 Å². The van der Waals surface area contributed by atoms with Crippen molar-refractivity contribution in [1.29, 1.82) is 0 Å². The van der Waals surface area contributed by atoms with Crippen molar-refractivity contribution in [1.82, 2.24) is 10.2 Å².